The summed E-state index contributed by atoms with van der Waals surface area (Å²) in [6.45, 7) is 10.2. The lowest BCUT2D eigenvalue weighted by atomic mass is 9.96. The molecule has 0 radical (unpaired) electrons. The van der Waals surface area contributed by atoms with Crippen molar-refractivity contribution in [2.24, 2.45) is 0 Å². The predicted octanol–water partition coefficient (Wildman–Crippen LogP) is 6.24. The first-order valence-corrected chi connectivity index (χ1v) is 12.8. The molecule has 2 atom stereocenters. The highest BCUT2D eigenvalue weighted by atomic mass is 32.1. The van der Waals surface area contributed by atoms with Crippen LogP contribution in [0.2, 0.25) is 0 Å². The van der Waals surface area contributed by atoms with Crippen molar-refractivity contribution >= 4 is 34.6 Å². The third kappa shape index (κ3) is 4.51. The Labute approximate surface area is 223 Å². The van der Waals surface area contributed by atoms with Gasteiger partial charge in [0, 0.05) is 35.9 Å². The molecule has 6 nitrogen and oxygen atoms in total. The van der Waals surface area contributed by atoms with E-state index in [1.54, 1.807) is 0 Å². The number of para-hydroxylation sites is 1. The second-order valence-electron chi connectivity index (χ2n) is 9.63. The smallest absolute Gasteiger partial charge is 0.221 e. The van der Waals surface area contributed by atoms with Gasteiger partial charge in [0.05, 0.1) is 23.5 Å². The molecule has 0 saturated carbocycles. The second kappa shape index (κ2) is 9.82. The van der Waals surface area contributed by atoms with Gasteiger partial charge in [0.2, 0.25) is 5.91 Å². The van der Waals surface area contributed by atoms with E-state index in [1.165, 1.54) is 40.7 Å². The van der Waals surface area contributed by atoms with Gasteiger partial charge >= 0.3 is 0 Å². The fourth-order valence-electron chi connectivity index (χ4n) is 5.45. The number of rotatable bonds is 5. The van der Waals surface area contributed by atoms with Gasteiger partial charge in [-0.25, -0.2) is 0 Å². The van der Waals surface area contributed by atoms with Crippen LogP contribution in [0, 0.1) is 27.7 Å². The van der Waals surface area contributed by atoms with Crippen LogP contribution in [-0.2, 0) is 4.79 Å². The zero-order chi connectivity index (χ0) is 26.3. The van der Waals surface area contributed by atoms with Gasteiger partial charge < -0.3 is 20.1 Å². The number of thiocarbonyl (C=S) groups is 1. The molecule has 4 aromatic rings. The molecule has 1 aliphatic heterocycles. The number of anilines is 2. The molecule has 1 saturated heterocycles. The number of nitrogens with one attached hydrogen (secondary N) is 2. The number of amides is 1. The molecule has 1 amide bonds. The summed E-state index contributed by atoms with van der Waals surface area (Å²) < 4.78 is 2.36. The van der Waals surface area contributed by atoms with Gasteiger partial charge in [-0.15, -0.1) is 0 Å². The van der Waals surface area contributed by atoms with Gasteiger partial charge in [-0.2, -0.15) is 0 Å². The van der Waals surface area contributed by atoms with E-state index < -0.39 is 0 Å². The molecule has 2 N–H and O–H groups in total. The Bertz CT molecular complexity index is 1460. The van der Waals surface area contributed by atoms with Gasteiger partial charge in [0.1, 0.15) is 0 Å². The highest BCUT2D eigenvalue weighted by Crippen LogP contribution is 2.44. The maximum Gasteiger partial charge on any atom is 0.221 e. The predicted molar refractivity (Wildman–Crippen MR) is 153 cm³/mol. The number of hydrogen-bond donors (Lipinski definition) is 2. The van der Waals surface area contributed by atoms with Crippen molar-refractivity contribution < 1.29 is 4.79 Å². The third-order valence-corrected chi connectivity index (χ3v) is 7.33. The van der Waals surface area contributed by atoms with Gasteiger partial charge in [-0.05, 0) is 99.1 Å². The SMILES string of the molecule is CC(=O)Nc1ccc(N2C(=S)N[C@@H](c3ccccn3)[C@@H]2c2cc(C)n(-c3c(C)cccc3C)c2C)cc1. The Kier molecular flexibility index (Phi) is 6.56. The standard InChI is InChI=1S/C30H31N5OS/c1-18-9-8-10-19(2)28(18)34-20(3)17-25(21(34)4)29-27(26-11-6-7-16-31-26)33-30(37)35(29)24-14-12-23(13-15-24)32-22(5)36/h6-17,27,29H,1-5H3,(H,32,36)(H,33,37)/t27-,29-/m0/s1. The Morgan fingerprint density at radius 2 is 1.68 bits per heavy atom. The Hall–Kier alpha value is -3.97. The average molecular weight is 510 g/mol. The maximum absolute atomic E-state index is 11.5. The van der Waals surface area contributed by atoms with Crippen LogP contribution in [0.15, 0.2) is 72.9 Å². The second-order valence-corrected chi connectivity index (χ2v) is 10.0. The summed E-state index contributed by atoms with van der Waals surface area (Å²) in [4.78, 5) is 18.4. The molecular weight excluding hydrogens is 478 g/mol. The molecule has 1 aliphatic rings. The number of aryl methyl sites for hydroxylation is 3. The van der Waals surface area contributed by atoms with Crippen LogP contribution < -0.4 is 15.5 Å². The van der Waals surface area contributed by atoms with E-state index in [0.29, 0.717) is 5.11 Å². The van der Waals surface area contributed by atoms with E-state index in [2.05, 4.69) is 77.0 Å². The van der Waals surface area contributed by atoms with Crippen LogP contribution in [-0.4, -0.2) is 20.6 Å². The van der Waals surface area contributed by atoms with Crippen molar-refractivity contribution in [3.63, 3.8) is 0 Å². The summed E-state index contributed by atoms with van der Waals surface area (Å²) in [6.07, 6.45) is 1.82. The van der Waals surface area contributed by atoms with Crippen LogP contribution in [0.1, 0.15) is 52.8 Å². The largest absolute Gasteiger partial charge is 0.351 e. The maximum atomic E-state index is 11.5. The number of aromatic nitrogens is 2. The summed E-state index contributed by atoms with van der Waals surface area (Å²) in [5.41, 5.74) is 9.86. The fraction of sp³-hybridized carbons (Fsp3) is 0.233. The monoisotopic (exact) mass is 509 g/mol. The average Bonchev–Trinajstić information content (AvgIpc) is 3.35. The number of pyridine rings is 1. The molecular formula is C30H31N5OS. The minimum absolute atomic E-state index is 0.0989. The Morgan fingerprint density at radius 3 is 2.30 bits per heavy atom. The van der Waals surface area contributed by atoms with E-state index in [9.17, 15) is 4.79 Å². The van der Waals surface area contributed by atoms with Crippen LogP contribution in [0.3, 0.4) is 0 Å². The molecule has 0 bridgehead atoms. The van der Waals surface area contributed by atoms with Crippen molar-refractivity contribution in [2.75, 3.05) is 10.2 Å². The molecule has 1 fully saturated rings. The number of carbonyl (C=O) groups excluding carboxylic acids is 1. The molecule has 37 heavy (non-hydrogen) atoms. The minimum atomic E-state index is -0.129. The van der Waals surface area contributed by atoms with E-state index in [0.717, 1.165) is 17.1 Å². The number of nitrogens with zero attached hydrogens (tertiary/aromatic N) is 3. The zero-order valence-electron chi connectivity index (χ0n) is 21.7. The lowest BCUT2D eigenvalue weighted by molar-refractivity contribution is -0.114. The summed E-state index contributed by atoms with van der Waals surface area (Å²) in [6, 6.07) is 22.2. The Balaban J connectivity index is 1.66. The molecule has 0 spiro atoms. The number of benzene rings is 2. The topological polar surface area (TPSA) is 62.2 Å². The van der Waals surface area contributed by atoms with Gasteiger partial charge in [0.25, 0.3) is 0 Å². The summed E-state index contributed by atoms with van der Waals surface area (Å²) in [7, 11) is 0. The van der Waals surface area contributed by atoms with Crippen LogP contribution in [0.25, 0.3) is 5.69 Å². The lowest BCUT2D eigenvalue weighted by Crippen LogP contribution is -2.29. The third-order valence-electron chi connectivity index (χ3n) is 7.02. The fourth-order valence-corrected chi connectivity index (χ4v) is 5.79. The molecule has 2 aromatic carbocycles. The van der Waals surface area contributed by atoms with Gasteiger partial charge in [-0.1, -0.05) is 24.3 Å². The molecule has 0 aliphatic carbocycles. The first kappa shape index (κ1) is 24.7. The van der Waals surface area contributed by atoms with Crippen LogP contribution in [0.4, 0.5) is 11.4 Å². The molecule has 3 heterocycles. The first-order chi connectivity index (χ1) is 17.8. The van der Waals surface area contributed by atoms with Crippen LogP contribution >= 0.6 is 12.2 Å². The highest BCUT2D eigenvalue weighted by Gasteiger charge is 2.42. The van der Waals surface area contributed by atoms with Crippen LogP contribution in [0.5, 0.6) is 0 Å². The zero-order valence-corrected chi connectivity index (χ0v) is 22.6. The highest BCUT2D eigenvalue weighted by molar-refractivity contribution is 7.80. The van der Waals surface area contributed by atoms with Crippen molar-refractivity contribution in [1.29, 1.82) is 0 Å². The van der Waals surface area contributed by atoms with Crippen molar-refractivity contribution in [3.8, 4) is 5.69 Å². The minimum Gasteiger partial charge on any atom is -0.351 e. The quantitative estimate of drug-likeness (QED) is 0.312. The number of hydrogen-bond acceptors (Lipinski definition) is 3. The summed E-state index contributed by atoms with van der Waals surface area (Å²) in [5, 5.41) is 7.03. The van der Waals surface area contributed by atoms with Crippen molar-refractivity contribution in [2.45, 2.75) is 46.7 Å². The lowest BCUT2D eigenvalue weighted by Gasteiger charge is -2.28. The number of carbonyl (C=O) groups is 1. The van der Waals surface area contributed by atoms with Crippen molar-refractivity contribution in [3.05, 3.63) is 107 Å². The summed E-state index contributed by atoms with van der Waals surface area (Å²) >= 11 is 5.91. The molecule has 188 valence electrons. The summed E-state index contributed by atoms with van der Waals surface area (Å²) in [5.74, 6) is -0.0989. The first-order valence-electron chi connectivity index (χ1n) is 12.4. The molecule has 5 rings (SSSR count). The van der Waals surface area contributed by atoms with E-state index >= 15 is 0 Å². The molecule has 2 aromatic heterocycles. The Morgan fingerprint density at radius 1 is 0.973 bits per heavy atom. The molecule has 0 unspecified atom stereocenters. The van der Waals surface area contributed by atoms with Crippen molar-refractivity contribution in [1.82, 2.24) is 14.9 Å². The van der Waals surface area contributed by atoms with E-state index in [4.69, 9.17) is 12.2 Å². The normalized spacial score (nSPS) is 17.1. The van der Waals surface area contributed by atoms with E-state index in [1.807, 2.05) is 48.7 Å². The molecule has 7 heteroatoms. The van der Waals surface area contributed by atoms with E-state index in [-0.39, 0.29) is 18.0 Å². The van der Waals surface area contributed by atoms with Gasteiger partial charge in [-0.3, -0.25) is 9.78 Å². The van der Waals surface area contributed by atoms with Gasteiger partial charge in [0.15, 0.2) is 5.11 Å².